The molecule has 0 spiro atoms. The van der Waals surface area contributed by atoms with Crippen LogP contribution in [0.1, 0.15) is 19.4 Å². The smallest absolute Gasteiger partial charge is 0.0547 e. The van der Waals surface area contributed by atoms with Crippen LogP contribution in [0.5, 0.6) is 0 Å². The molecule has 0 unspecified atom stereocenters. The van der Waals surface area contributed by atoms with Crippen molar-refractivity contribution in [2.75, 3.05) is 4.90 Å². The van der Waals surface area contributed by atoms with Gasteiger partial charge in [-0.1, -0.05) is 158 Å². The summed E-state index contributed by atoms with van der Waals surface area (Å²) in [6.45, 7) is 4.29. The summed E-state index contributed by atoms with van der Waals surface area (Å²) in [7, 11) is 0. The molecule has 2 heteroatoms. The maximum Gasteiger partial charge on any atom is 0.0547 e. The molecule has 0 N–H and O–H groups in total. The molecule has 0 radical (unpaired) electrons. The number of para-hydroxylation sites is 2. The summed E-state index contributed by atoms with van der Waals surface area (Å²) in [6, 6.07) is 77.3. The normalized spacial score (nSPS) is 11.7. The maximum atomic E-state index is 2.47. The summed E-state index contributed by atoms with van der Waals surface area (Å²) < 4.78 is 2.47. The van der Waals surface area contributed by atoms with Crippen LogP contribution in [0.15, 0.2) is 218 Å². The molecule has 10 rings (SSSR count). The Hall–Kier alpha value is -7.42. The van der Waals surface area contributed by atoms with E-state index in [0.717, 1.165) is 33.9 Å². The first-order valence-corrected chi connectivity index (χ1v) is 20.1. The predicted octanol–water partition coefficient (Wildman–Crippen LogP) is 15.8. The van der Waals surface area contributed by atoms with Crippen molar-refractivity contribution in [1.29, 1.82) is 0 Å². The first-order chi connectivity index (χ1) is 28.7. The number of fused-ring (bicyclic) bond motifs is 5. The van der Waals surface area contributed by atoms with Crippen molar-refractivity contribution in [2.24, 2.45) is 0 Å². The fraction of sp³-hybridized carbons (Fsp3) is 0.0357. The molecule has 276 valence electrons. The summed E-state index contributed by atoms with van der Waals surface area (Å²) in [4.78, 5) is 2.41. The van der Waals surface area contributed by atoms with E-state index in [2.05, 4.69) is 242 Å². The fourth-order valence-corrected chi connectivity index (χ4v) is 8.58. The largest absolute Gasteiger partial charge is 0.310 e. The van der Waals surface area contributed by atoms with Gasteiger partial charge in [-0.3, -0.25) is 0 Å². The Labute approximate surface area is 340 Å². The van der Waals surface area contributed by atoms with Crippen molar-refractivity contribution in [3.8, 4) is 39.1 Å². The molecule has 2 nitrogen and oxygen atoms in total. The summed E-state index contributed by atoms with van der Waals surface area (Å²) >= 11 is 0. The summed E-state index contributed by atoms with van der Waals surface area (Å²) in [6.07, 6.45) is 2.18. The van der Waals surface area contributed by atoms with Crippen molar-refractivity contribution >= 4 is 55.2 Å². The van der Waals surface area contributed by atoms with Crippen LogP contribution in [0.4, 0.5) is 17.1 Å². The Kier molecular flexibility index (Phi) is 9.01. The van der Waals surface area contributed by atoms with Gasteiger partial charge in [0.25, 0.3) is 0 Å². The maximum absolute atomic E-state index is 2.47. The Morgan fingerprint density at radius 2 is 1.10 bits per heavy atom. The van der Waals surface area contributed by atoms with E-state index in [9.17, 15) is 0 Å². The number of hydrogen-bond donors (Lipinski definition) is 0. The monoisotopic (exact) mass is 742 g/mol. The quantitative estimate of drug-likeness (QED) is 0.150. The SMILES string of the molecule is C/C=C(\C)c1ccc(N(c2ccccc2)c2cccc(-c3cc(-c4ccccc4)ccc3-n3c4ccccc4c4c5ccccc5ccc43)c2)c(-c2ccccc2)c1. The second kappa shape index (κ2) is 14.9. The first-order valence-electron chi connectivity index (χ1n) is 20.1. The minimum absolute atomic E-state index is 1.08. The Morgan fingerprint density at radius 1 is 0.448 bits per heavy atom. The van der Waals surface area contributed by atoms with Gasteiger partial charge in [-0.05, 0) is 119 Å². The van der Waals surface area contributed by atoms with Crippen LogP contribution in [0.3, 0.4) is 0 Å². The average Bonchev–Trinajstić information content (AvgIpc) is 3.64. The van der Waals surface area contributed by atoms with Crippen LogP contribution in [0.25, 0.3) is 77.2 Å². The lowest BCUT2D eigenvalue weighted by Gasteiger charge is -2.29. The zero-order valence-electron chi connectivity index (χ0n) is 32.7. The number of anilines is 3. The van der Waals surface area contributed by atoms with Crippen molar-refractivity contribution in [1.82, 2.24) is 4.57 Å². The summed E-state index contributed by atoms with van der Waals surface area (Å²) in [5.74, 6) is 0. The van der Waals surface area contributed by atoms with E-state index in [-0.39, 0.29) is 0 Å². The van der Waals surface area contributed by atoms with E-state index in [1.807, 2.05) is 0 Å². The molecule has 0 amide bonds. The van der Waals surface area contributed by atoms with Gasteiger partial charge in [0.05, 0.1) is 22.4 Å². The van der Waals surface area contributed by atoms with E-state index in [0.29, 0.717) is 0 Å². The molecular formula is C56H42N2. The Morgan fingerprint density at radius 3 is 1.88 bits per heavy atom. The van der Waals surface area contributed by atoms with Crippen LogP contribution in [0.2, 0.25) is 0 Å². The van der Waals surface area contributed by atoms with Crippen LogP contribution in [0, 0.1) is 0 Å². The zero-order chi connectivity index (χ0) is 39.0. The van der Waals surface area contributed by atoms with Crippen molar-refractivity contribution in [2.45, 2.75) is 13.8 Å². The molecule has 58 heavy (non-hydrogen) atoms. The van der Waals surface area contributed by atoms with Gasteiger partial charge in [0.2, 0.25) is 0 Å². The van der Waals surface area contributed by atoms with Crippen LogP contribution < -0.4 is 4.90 Å². The van der Waals surface area contributed by atoms with Crippen LogP contribution in [-0.2, 0) is 0 Å². The third-order valence-corrected chi connectivity index (χ3v) is 11.5. The molecule has 1 aromatic heterocycles. The minimum atomic E-state index is 1.08. The molecule has 9 aromatic carbocycles. The van der Waals surface area contributed by atoms with Gasteiger partial charge in [0, 0.05) is 33.3 Å². The standard InChI is InChI=1S/C56H42N2/c1-3-39(2)43-31-33-53(50(37-43)41-20-9-5-10-21-41)57(46-24-11-6-12-25-46)47-26-17-23-45(36-47)51-38-44(40-18-7-4-8-19-40)32-34-54(51)58-52-29-16-15-28-49(52)56-48-27-14-13-22-42(48)30-35-55(56)58/h3-38H,1-2H3/b39-3+. The number of nitrogens with zero attached hydrogens (tertiary/aromatic N) is 2. The van der Waals surface area contributed by atoms with Gasteiger partial charge in [0.1, 0.15) is 0 Å². The third kappa shape index (κ3) is 6.16. The molecule has 0 bridgehead atoms. The average molecular weight is 743 g/mol. The highest BCUT2D eigenvalue weighted by atomic mass is 15.1. The van der Waals surface area contributed by atoms with Gasteiger partial charge < -0.3 is 9.47 Å². The summed E-state index contributed by atoms with van der Waals surface area (Å²) in [5, 5.41) is 5.04. The topological polar surface area (TPSA) is 8.17 Å². The van der Waals surface area contributed by atoms with E-state index in [4.69, 9.17) is 0 Å². The molecule has 0 saturated carbocycles. The second-order valence-corrected chi connectivity index (χ2v) is 14.9. The molecule has 0 atom stereocenters. The van der Waals surface area contributed by atoms with Crippen LogP contribution >= 0.6 is 0 Å². The highest BCUT2D eigenvalue weighted by Gasteiger charge is 2.21. The lowest BCUT2D eigenvalue weighted by molar-refractivity contribution is 1.18. The predicted molar refractivity (Wildman–Crippen MR) is 249 cm³/mol. The van der Waals surface area contributed by atoms with Crippen molar-refractivity contribution in [3.05, 3.63) is 224 Å². The lowest BCUT2D eigenvalue weighted by atomic mass is 9.95. The van der Waals surface area contributed by atoms with Gasteiger partial charge in [-0.25, -0.2) is 0 Å². The fourth-order valence-electron chi connectivity index (χ4n) is 8.58. The molecule has 0 aliphatic rings. The van der Waals surface area contributed by atoms with Gasteiger partial charge in [-0.2, -0.15) is 0 Å². The molecule has 0 fully saturated rings. The molecule has 1 heterocycles. The first kappa shape index (κ1) is 35.0. The number of hydrogen-bond acceptors (Lipinski definition) is 1. The Bertz CT molecular complexity index is 3120. The minimum Gasteiger partial charge on any atom is -0.310 e. The van der Waals surface area contributed by atoms with E-state index >= 15 is 0 Å². The van der Waals surface area contributed by atoms with Gasteiger partial charge >= 0.3 is 0 Å². The molecule has 10 aromatic rings. The van der Waals surface area contributed by atoms with E-state index < -0.39 is 0 Å². The number of benzene rings is 9. The van der Waals surface area contributed by atoms with Crippen molar-refractivity contribution < 1.29 is 0 Å². The number of aromatic nitrogens is 1. The molecule has 0 aliphatic carbocycles. The Balaban J connectivity index is 1.23. The van der Waals surface area contributed by atoms with Gasteiger partial charge in [0.15, 0.2) is 0 Å². The third-order valence-electron chi connectivity index (χ3n) is 11.5. The van der Waals surface area contributed by atoms with Crippen LogP contribution in [-0.4, -0.2) is 4.57 Å². The number of allylic oxidation sites excluding steroid dienone is 2. The van der Waals surface area contributed by atoms with Gasteiger partial charge in [-0.15, -0.1) is 0 Å². The zero-order valence-corrected chi connectivity index (χ0v) is 32.7. The second-order valence-electron chi connectivity index (χ2n) is 14.9. The van der Waals surface area contributed by atoms with E-state index in [1.165, 1.54) is 66.0 Å². The lowest BCUT2D eigenvalue weighted by Crippen LogP contribution is -2.11. The number of rotatable bonds is 8. The summed E-state index contributed by atoms with van der Waals surface area (Å²) in [5.41, 5.74) is 16.3. The molecular weight excluding hydrogens is 701 g/mol. The van der Waals surface area contributed by atoms with E-state index in [1.54, 1.807) is 0 Å². The van der Waals surface area contributed by atoms with Crippen molar-refractivity contribution in [3.63, 3.8) is 0 Å². The highest BCUT2D eigenvalue weighted by Crippen LogP contribution is 2.45. The molecule has 0 saturated heterocycles. The highest BCUT2D eigenvalue weighted by molar-refractivity contribution is 6.21. The molecule has 0 aliphatic heterocycles.